The van der Waals surface area contributed by atoms with Gasteiger partial charge in [-0.3, -0.25) is 4.84 Å². The minimum Gasteiger partial charge on any atom is -0.333 e. The highest BCUT2D eigenvalue weighted by Crippen LogP contribution is 2.07. The number of carbonyl (C=O) groups is 1. The molecule has 1 rings (SSSR count). The van der Waals surface area contributed by atoms with Crippen molar-refractivity contribution in [3.63, 3.8) is 0 Å². The molecule has 2 N–H and O–H groups in total. The number of oxime groups is 1. The lowest BCUT2D eigenvalue weighted by molar-refractivity contribution is 0.162. The predicted molar refractivity (Wildman–Crippen MR) is 49.7 cm³/mol. The molecule has 1 aromatic rings. The number of hydrogen-bond acceptors (Lipinski definition) is 3. The summed E-state index contributed by atoms with van der Waals surface area (Å²) < 4.78 is 0. The van der Waals surface area contributed by atoms with Crippen LogP contribution < -0.4 is 5.73 Å². The van der Waals surface area contributed by atoms with E-state index in [2.05, 4.69) is 15.7 Å². The van der Waals surface area contributed by atoms with Gasteiger partial charge < -0.3 is 5.73 Å². The molecular formula is C8H7ClN2O2. The lowest BCUT2D eigenvalue weighted by atomic mass is 10.2. The first-order valence-electron chi connectivity index (χ1n) is 3.44. The number of benzene rings is 1. The van der Waals surface area contributed by atoms with Gasteiger partial charge in [0.2, 0.25) is 0 Å². The molecule has 0 unspecified atom stereocenters. The van der Waals surface area contributed by atoms with E-state index < -0.39 is 6.09 Å². The van der Waals surface area contributed by atoms with E-state index in [1.54, 1.807) is 24.3 Å². The van der Waals surface area contributed by atoms with Crippen molar-refractivity contribution >= 4 is 23.9 Å². The fourth-order valence-electron chi connectivity index (χ4n) is 0.688. The molecular weight excluding hydrogens is 192 g/mol. The highest BCUT2D eigenvalue weighted by molar-refractivity contribution is 6.30. The maximum absolute atomic E-state index is 10.1. The summed E-state index contributed by atoms with van der Waals surface area (Å²) in [7, 11) is 0. The molecule has 0 aliphatic rings. The van der Waals surface area contributed by atoms with Crippen molar-refractivity contribution < 1.29 is 9.63 Å². The molecule has 0 aliphatic carbocycles. The van der Waals surface area contributed by atoms with Crippen molar-refractivity contribution in [1.29, 1.82) is 0 Å². The zero-order valence-electron chi connectivity index (χ0n) is 6.61. The molecule has 0 heterocycles. The summed E-state index contributed by atoms with van der Waals surface area (Å²) in [4.78, 5) is 14.3. The van der Waals surface area contributed by atoms with Gasteiger partial charge in [-0.15, -0.1) is 0 Å². The molecule has 0 radical (unpaired) electrons. The van der Waals surface area contributed by atoms with Crippen LogP contribution in [0.3, 0.4) is 0 Å². The second kappa shape index (κ2) is 4.47. The van der Waals surface area contributed by atoms with Gasteiger partial charge in [-0.25, -0.2) is 4.79 Å². The Morgan fingerprint density at radius 1 is 1.46 bits per heavy atom. The molecule has 68 valence electrons. The van der Waals surface area contributed by atoms with Gasteiger partial charge >= 0.3 is 6.09 Å². The summed E-state index contributed by atoms with van der Waals surface area (Å²) in [5.74, 6) is 0. The van der Waals surface area contributed by atoms with Crippen molar-refractivity contribution in [1.82, 2.24) is 0 Å². The highest BCUT2D eigenvalue weighted by Gasteiger charge is 1.90. The summed E-state index contributed by atoms with van der Waals surface area (Å²) in [6, 6.07) is 6.87. The van der Waals surface area contributed by atoms with E-state index in [1.807, 2.05) is 0 Å². The van der Waals surface area contributed by atoms with Gasteiger partial charge in [0.25, 0.3) is 0 Å². The molecule has 1 aromatic carbocycles. The molecule has 1 amide bonds. The van der Waals surface area contributed by atoms with E-state index in [-0.39, 0.29) is 0 Å². The SMILES string of the molecule is NC(=O)O/N=C\c1ccc(Cl)cc1. The molecule has 0 saturated carbocycles. The van der Waals surface area contributed by atoms with Gasteiger partial charge in [0.15, 0.2) is 0 Å². The molecule has 4 nitrogen and oxygen atoms in total. The van der Waals surface area contributed by atoms with Crippen LogP contribution in [-0.4, -0.2) is 12.3 Å². The van der Waals surface area contributed by atoms with Crippen molar-refractivity contribution in [2.45, 2.75) is 0 Å². The monoisotopic (exact) mass is 198 g/mol. The van der Waals surface area contributed by atoms with Gasteiger partial charge in [0, 0.05) is 5.02 Å². The molecule has 0 aromatic heterocycles. The van der Waals surface area contributed by atoms with Crippen molar-refractivity contribution in [3.8, 4) is 0 Å². The second-order valence-corrected chi connectivity index (χ2v) is 2.63. The van der Waals surface area contributed by atoms with Crippen LogP contribution in [0.5, 0.6) is 0 Å². The maximum Gasteiger partial charge on any atom is 0.430 e. The number of amides is 1. The average molecular weight is 199 g/mol. The summed E-state index contributed by atoms with van der Waals surface area (Å²) in [6.45, 7) is 0. The maximum atomic E-state index is 10.1. The molecule has 0 fully saturated rings. The van der Waals surface area contributed by atoms with E-state index in [9.17, 15) is 4.79 Å². The van der Waals surface area contributed by atoms with Crippen LogP contribution in [0.2, 0.25) is 5.02 Å². The number of carbonyl (C=O) groups excluding carboxylic acids is 1. The average Bonchev–Trinajstić information content (AvgIpc) is 2.08. The largest absolute Gasteiger partial charge is 0.430 e. The molecule has 0 spiro atoms. The Balaban J connectivity index is 2.59. The van der Waals surface area contributed by atoms with Crippen LogP contribution >= 0.6 is 11.6 Å². The van der Waals surface area contributed by atoms with E-state index in [0.717, 1.165) is 5.56 Å². The third kappa shape index (κ3) is 3.57. The molecule has 0 saturated heterocycles. The Morgan fingerprint density at radius 3 is 2.62 bits per heavy atom. The fraction of sp³-hybridized carbons (Fsp3) is 0. The second-order valence-electron chi connectivity index (χ2n) is 2.20. The minimum atomic E-state index is -0.940. The van der Waals surface area contributed by atoms with Crippen LogP contribution in [-0.2, 0) is 4.84 Å². The third-order valence-electron chi connectivity index (χ3n) is 1.21. The lowest BCUT2D eigenvalue weighted by Crippen LogP contribution is -2.09. The molecule has 13 heavy (non-hydrogen) atoms. The van der Waals surface area contributed by atoms with Crippen LogP contribution in [0.15, 0.2) is 29.4 Å². The first-order chi connectivity index (χ1) is 6.18. The number of primary amides is 1. The van der Waals surface area contributed by atoms with Crippen LogP contribution in [0.4, 0.5) is 4.79 Å². The Morgan fingerprint density at radius 2 is 2.08 bits per heavy atom. The quantitative estimate of drug-likeness (QED) is 0.447. The van der Waals surface area contributed by atoms with Crippen LogP contribution in [0.1, 0.15) is 5.56 Å². The first-order valence-corrected chi connectivity index (χ1v) is 3.81. The van der Waals surface area contributed by atoms with Crippen molar-refractivity contribution in [3.05, 3.63) is 34.9 Å². The smallest absolute Gasteiger partial charge is 0.333 e. The van der Waals surface area contributed by atoms with Crippen LogP contribution in [0, 0.1) is 0 Å². The number of rotatable bonds is 2. The van der Waals surface area contributed by atoms with E-state index >= 15 is 0 Å². The molecule has 0 aliphatic heterocycles. The Bertz CT molecular complexity index is 321. The summed E-state index contributed by atoms with van der Waals surface area (Å²) >= 11 is 5.65. The van der Waals surface area contributed by atoms with Crippen LogP contribution in [0.25, 0.3) is 0 Å². The zero-order valence-corrected chi connectivity index (χ0v) is 7.36. The van der Waals surface area contributed by atoms with Gasteiger partial charge in [-0.05, 0) is 17.7 Å². The van der Waals surface area contributed by atoms with Gasteiger partial charge in [0.1, 0.15) is 0 Å². The minimum absolute atomic E-state index is 0.632. The lowest BCUT2D eigenvalue weighted by Gasteiger charge is -1.92. The van der Waals surface area contributed by atoms with E-state index in [4.69, 9.17) is 11.6 Å². The standard InChI is InChI=1S/C8H7ClN2O2/c9-7-3-1-6(2-4-7)5-11-13-8(10)12/h1-5H,(H2,10,12)/b11-5-. The summed E-state index contributed by atoms with van der Waals surface area (Å²) in [5.41, 5.74) is 5.45. The normalized spacial score (nSPS) is 10.2. The summed E-state index contributed by atoms with van der Waals surface area (Å²) in [5, 5.41) is 3.96. The molecule has 0 bridgehead atoms. The molecule has 5 heteroatoms. The van der Waals surface area contributed by atoms with Gasteiger partial charge in [-0.2, -0.15) is 0 Å². The topological polar surface area (TPSA) is 64.7 Å². The number of halogens is 1. The van der Waals surface area contributed by atoms with Crippen molar-refractivity contribution in [2.24, 2.45) is 10.9 Å². The fourth-order valence-corrected chi connectivity index (χ4v) is 0.814. The number of hydrogen-bond donors (Lipinski definition) is 1. The number of nitrogens with two attached hydrogens (primary N) is 1. The zero-order chi connectivity index (χ0) is 9.68. The van der Waals surface area contributed by atoms with Gasteiger partial charge in [-0.1, -0.05) is 28.9 Å². The first kappa shape index (κ1) is 9.54. The number of nitrogens with zero attached hydrogens (tertiary/aromatic N) is 1. The van der Waals surface area contributed by atoms with Gasteiger partial charge in [0.05, 0.1) is 6.21 Å². The highest BCUT2D eigenvalue weighted by atomic mass is 35.5. The Hall–Kier alpha value is -1.55. The molecule has 0 atom stereocenters. The van der Waals surface area contributed by atoms with Crippen molar-refractivity contribution in [2.75, 3.05) is 0 Å². The predicted octanol–water partition coefficient (Wildman–Crippen LogP) is 1.77. The van der Waals surface area contributed by atoms with E-state index in [0.29, 0.717) is 5.02 Å². The van der Waals surface area contributed by atoms with E-state index in [1.165, 1.54) is 6.21 Å². The summed E-state index contributed by atoms with van der Waals surface area (Å²) in [6.07, 6.45) is 0.423. The Labute approximate surface area is 79.9 Å². The Kier molecular flexibility index (Phi) is 3.28. The third-order valence-corrected chi connectivity index (χ3v) is 1.47.